The van der Waals surface area contributed by atoms with Crippen molar-refractivity contribution < 1.29 is 33.5 Å². The van der Waals surface area contributed by atoms with Gasteiger partial charge in [0.1, 0.15) is 12.6 Å². The summed E-state index contributed by atoms with van der Waals surface area (Å²) < 4.78 is 5.22. The lowest BCUT2D eigenvalue weighted by atomic mass is 9.70. The summed E-state index contributed by atoms with van der Waals surface area (Å²) >= 11 is 0. The van der Waals surface area contributed by atoms with Crippen LogP contribution < -0.4 is 10.6 Å². The molecule has 1 aliphatic heterocycles. The van der Waals surface area contributed by atoms with Crippen LogP contribution in [-0.4, -0.2) is 71.4 Å². The predicted octanol–water partition coefficient (Wildman–Crippen LogP) is 11.3. The van der Waals surface area contributed by atoms with E-state index < -0.39 is 35.5 Å². The van der Waals surface area contributed by atoms with Crippen molar-refractivity contribution in [2.24, 2.45) is 40.4 Å². The van der Waals surface area contributed by atoms with Gasteiger partial charge < -0.3 is 20.3 Å². The van der Waals surface area contributed by atoms with Crippen LogP contribution in [0, 0.1) is 40.4 Å². The summed E-state index contributed by atoms with van der Waals surface area (Å²) in [4.78, 5) is 75.7. The average Bonchev–Trinajstić information content (AvgIpc) is 3.52. The molecular weight excluding hydrogens is 743 g/mol. The number of amides is 3. The summed E-state index contributed by atoms with van der Waals surface area (Å²) in [6, 6.07) is -2.08. The van der Waals surface area contributed by atoms with Gasteiger partial charge in [0.05, 0.1) is 12.1 Å². The number of esters is 1. The van der Waals surface area contributed by atoms with Gasteiger partial charge in [-0.15, -0.1) is 6.58 Å². The molecular formula is C49H93N3O7. The number of likely N-dealkylation sites (tertiary alicyclic amines) is 1. The van der Waals surface area contributed by atoms with Crippen molar-refractivity contribution in [3.63, 3.8) is 0 Å². The zero-order chi connectivity index (χ0) is 46.7. The highest BCUT2D eigenvalue weighted by molar-refractivity contribution is 6.36. The quantitative estimate of drug-likeness (QED) is 0.0896. The molecule has 7 atom stereocenters. The largest absolute Gasteiger partial charge is 0.464 e. The maximum atomic E-state index is 14.4. The van der Waals surface area contributed by atoms with Crippen molar-refractivity contribution in [2.45, 2.75) is 213 Å². The molecule has 0 bridgehead atoms. The van der Waals surface area contributed by atoms with E-state index in [1.165, 1.54) is 20.3 Å². The summed E-state index contributed by atoms with van der Waals surface area (Å²) in [7, 11) is 0. The van der Waals surface area contributed by atoms with Crippen molar-refractivity contribution in [2.75, 3.05) is 13.2 Å². The van der Waals surface area contributed by atoms with E-state index in [0.29, 0.717) is 18.9 Å². The number of carbonyl (C=O) groups is 6. The zero-order valence-corrected chi connectivity index (χ0v) is 41.4. The van der Waals surface area contributed by atoms with Crippen LogP contribution in [0.2, 0.25) is 0 Å². The average molecular weight is 836 g/mol. The smallest absolute Gasteiger partial charge is 0.315 e. The van der Waals surface area contributed by atoms with Gasteiger partial charge >= 0.3 is 12.0 Å². The lowest BCUT2D eigenvalue weighted by Crippen LogP contribution is -2.62. The number of hydrogen-bond donors (Lipinski definition) is 2. The number of ketones is 3. The number of allylic oxidation sites excluding steroid dienone is 1. The van der Waals surface area contributed by atoms with Crippen LogP contribution in [0.3, 0.4) is 0 Å². The third-order valence-corrected chi connectivity index (χ3v) is 11.1. The van der Waals surface area contributed by atoms with E-state index in [2.05, 4.69) is 72.6 Å². The van der Waals surface area contributed by atoms with Crippen LogP contribution in [0.1, 0.15) is 195 Å². The number of rotatable bonds is 16. The number of urea groups is 1. The molecule has 1 saturated heterocycles. The first-order valence-electron chi connectivity index (χ1n) is 23.1. The molecule has 1 saturated carbocycles. The summed E-state index contributed by atoms with van der Waals surface area (Å²) in [5, 5.41) is 6.02. The number of nitrogens with one attached hydrogen (secondary N) is 2. The fourth-order valence-electron chi connectivity index (χ4n) is 7.54. The van der Waals surface area contributed by atoms with Crippen molar-refractivity contribution in [1.82, 2.24) is 15.5 Å². The molecule has 10 nitrogen and oxygen atoms in total. The van der Waals surface area contributed by atoms with Gasteiger partial charge in [0.2, 0.25) is 11.7 Å². The molecule has 1 aliphatic carbocycles. The Bertz CT molecular complexity index is 1230. The topological polar surface area (TPSA) is 139 Å². The second kappa shape index (κ2) is 31.8. The minimum atomic E-state index is -0.743. The Morgan fingerprint density at radius 2 is 1.41 bits per heavy atom. The third-order valence-electron chi connectivity index (χ3n) is 11.1. The third kappa shape index (κ3) is 23.5. The van der Waals surface area contributed by atoms with Crippen LogP contribution in [0.5, 0.6) is 0 Å². The molecule has 0 aromatic heterocycles. The van der Waals surface area contributed by atoms with Crippen LogP contribution in [-0.2, 0) is 28.7 Å². The summed E-state index contributed by atoms with van der Waals surface area (Å²) in [6.07, 6.45) is 12.2. The van der Waals surface area contributed by atoms with E-state index in [1.54, 1.807) is 11.8 Å². The van der Waals surface area contributed by atoms with Crippen molar-refractivity contribution in [3.8, 4) is 0 Å². The van der Waals surface area contributed by atoms with Crippen molar-refractivity contribution >= 4 is 35.3 Å². The number of unbranched alkanes of at least 4 members (excludes halogenated alkanes) is 1. The maximum Gasteiger partial charge on any atom is 0.315 e. The van der Waals surface area contributed by atoms with E-state index in [-0.39, 0.29) is 53.0 Å². The van der Waals surface area contributed by atoms with Gasteiger partial charge in [-0.2, -0.15) is 0 Å². The predicted molar refractivity (Wildman–Crippen MR) is 246 cm³/mol. The van der Waals surface area contributed by atoms with Gasteiger partial charge in [0.25, 0.3) is 0 Å². The minimum absolute atomic E-state index is 0.0510. The zero-order valence-electron chi connectivity index (χ0n) is 41.4. The highest BCUT2D eigenvalue weighted by Gasteiger charge is 2.51. The van der Waals surface area contributed by atoms with Gasteiger partial charge in [0, 0.05) is 32.7 Å². The van der Waals surface area contributed by atoms with Crippen LogP contribution >= 0.6 is 0 Å². The summed E-state index contributed by atoms with van der Waals surface area (Å²) in [6.45, 7) is 39.5. The molecule has 0 radical (unpaired) electrons. The highest BCUT2D eigenvalue weighted by atomic mass is 16.5. The Balaban J connectivity index is -0.00000122. The van der Waals surface area contributed by atoms with Gasteiger partial charge in [0.15, 0.2) is 11.6 Å². The molecule has 0 spiro atoms. The second-order valence-electron chi connectivity index (χ2n) is 18.6. The molecule has 0 aromatic rings. The standard InChI is InChI=1S/C30H53N3O5.C8H14O2.C5H10.C4H10.C2H6/c1-10-19(3)24-20(4)17-33(25(24)22(35)11-2)27(36)26(30(9)15-13-12-14-16-30)32-28(37)31-23(29(6,7)8)18-38-21(5)34;1-4-5-6(2)8(10)7(3)9;1-3-5-4-2;1-4(2)3;1-2/h19-20,23-26H,10-18H2,1-9H3,(H2,31,32,37);6H,4-5H2,1-3H3;3H,1,4-5H2,2H3;4H,1-3H3;1-2H3/t19?,20-,23?,24-,25?,26?;;;;/m0..../s1. The lowest BCUT2D eigenvalue weighted by Gasteiger charge is -2.43. The van der Waals surface area contributed by atoms with Gasteiger partial charge in [-0.1, -0.05) is 155 Å². The lowest BCUT2D eigenvalue weighted by molar-refractivity contribution is -0.143. The van der Waals surface area contributed by atoms with Gasteiger partial charge in [-0.25, -0.2) is 4.79 Å². The molecule has 2 N–H and O–H groups in total. The monoisotopic (exact) mass is 836 g/mol. The molecule has 2 fully saturated rings. The first-order chi connectivity index (χ1) is 27.4. The minimum Gasteiger partial charge on any atom is -0.464 e. The molecule has 0 aromatic carbocycles. The Kier molecular flexibility index (Phi) is 32.5. The van der Waals surface area contributed by atoms with Gasteiger partial charge in [-0.05, 0) is 60.2 Å². The summed E-state index contributed by atoms with van der Waals surface area (Å²) in [5.41, 5.74) is -0.773. The van der Waals surface area contributed by atoms with E-state index in [1.807, 2.05) is 54.5 Å². The Labute approximate surface area is 363 Å². The molecule has 1 heterocycles. The molecule has 2 rings (SSSR count). The number of hydrogen-bond acceptors (Lipinski definition) is 7. The molecule has 2 aliphatic rings. The second-order valence-corrected chi connectivity index (χ2v) is 18.6. The Morgan fingerprint density at radius 3 is 1.78 bits per heavy atom. The summed E-state index contributed by atoms with van der Waals surface area (Å²) in [5.74, 6) is 0.369. The highest BCUT2D eigenvalue weighted by Crippen LogP contribution is 2.43. The van der Waals surface area contributed by atoms with E-state index in [4.69, 9.17) is 4.74 Å². The SMILES string of the molecule is C=CCCC.CC.CC(C)C.CCC(=O)C1[C@@H](C(C)CC)[C@@H](C)CN1C(=O)C(NC(=O)NC(COC(C)=O)C(C)(C)C)C1(C)CCCCC1.CCCC(C)C(=O)C(C)=O. The van der Waals surface area contributed by atoms with E-state index >= 15 is 0 Å². The fourth-order valence-corrected chi connectivity index (χ4v) is 7.54. The first kappa shape index (κ1) is 60.3. The van der Waals surface area contributed by atoms with Crippen LogP contribution in [0.15, 0.2) is 12.7 Å². The Morgan fingerprint density at radius 1 is 0.881 bits per heavy atom. The Hall–Kier alpha value is -3.04. The van der Waals surface area contributed by atoms with Crippen LogP contribution in [0.25, 0.3) is 0 Å². The number of ether oxygens (including phenoxy) is 1. The number of carbonyl (C=O) groups excluding carboxylic acids is 6. The first-order valence-corrected chi connectivity index (χ1v) is 23.1. The molecule has 3 amide bonds. The number of Topliss-reactive ketones (excluding diaryl/α,β-unsaturated/α-hetero) is 3. The maximum absolute atomic E-state index is 14.4. The molecule has 5 unspecified atom stereocenters. The van der Waals surface area contributed by atoms with E-state index in [9.17, 15) is 28.8 Å². The molecule has 346 valence electrons. The fraction of sp³-hybridized carbons (Fsp3) is 0.837. The van der Waals surface area contributed by atoms with E-state index in [0.717, 1.165) is 63.7 Å². The number of nitrogens with zero attached hydrogens (tertiary/aromatic N) is 1. The normalized spacial score (nSPS) is 20.1. The van der Waals surface area contributed by atoms with Crippen molar-refractivity contribution in [1.29, 1.82) is 0 Å². The molecule has 10 heteroatoms. The van der Waals surface area contributed by atoms with Crippen LogP contribution in [0.4, 0.5) is 4.79 Å². The van der Waals surface area contributed by atoms with Crippen molar-refractivity contribution in [3.05, 3.63) is 12.7 Å². The molecule has 59 heavy (non-hydrogen) atoms. The van der Waals surface area contributed by atoms with Gasteiger partial charge in [-0.3, -0.25) is 24.0 Å².